The molecule has 1 fully saturated rings. The van der Waals surface area contributed by atoms with Crippen LogP contribution in [0.3, 0.4) is 0 Å². The molecule has 1 saturated heterocycles. The van der Waals surface area contributed by atoms with E-state index in [-0.39, 0.29) is 12.0 Å². The summed E-state index contributed by atoms with van der Waals surface area (Å²) in [5, 5.41) is 0. The summed E-state index contributed by atoms with van der Waals surface area (Å²) in [4.78, 5) is 14.3. The van der Waals surface area contributed by atoms with Crippen LogP contribution in [0.25, 0.3) is 0 Å². The monoisotopic (exact) mass is 247 g/mol. The molecule has 0 aliphatic carbocycles. The molecule has 1 aromatic carbocycles. The number of esters is 1. The molecule has 3 heteroatoms. The van der Waals surface area contributed by atoms with Crippen LogP contribution < -0.4 is 0 Å². The van der Waals surface area contributed by atoms with Gasteiger partial charge in [0.05, 0.1) is 7.11 Å². The lowest BCUT2D eigenvalue weighted by atomic mass is 9.98. The standard InChI is InChI=1S/C15H21NO2/c1-12-8-4-5-9-13(12)14(15(17)18-2)16-10-6-3-7-11-16/h4-5,8-9,14H,3,6-7,10-11H2,1-2H3. The van der Waals surface area contributed by atoms with E-state index in [0.717, 1.165) is 24.2 Å². The summed E-state index contributed by atoms with van der Waals surface area (Å²) in [6, 6.07) is 7.84. The molecule has 0 spiro atoms. The van der Waals surface area contributed by atoms with E-state index in [1.165, 1.54) is 26.4 Å². The fourth-order valence-corrected chi connectivity index (χ4v) is 2.65. The van der Waals surface area contributed by atoms with Gasteiger partial charge in [-0.25, -0.2) is 4.79 Å². The van der Waals surface area contributed by atoms with Crippen LogP contribution in [0.4, 0.5) is 0 Å². The summed E-state index contributed by atoms with van der Waals surface area (Å²) in [7, 11) is 1.47. The highest BCUT2D eigenvalue weighted by molar-refractivity contribution is 5.78. The highest BCUT2D eigenvalue weighted by Crippen LogP contribution is 2.27. The normalized spacial score (nSPS) is 18.3. The first-order chi connectivity index (χ1) is 8.74. The van der Waals surface area contributed by atoms with Crippen molar-refractivity contribution in [1.82, 2.24) is 4.90 Å². The van der Waals surface area contributed by atoms with Crippen molar-refractivity contribution in [3.05, 3.63) is 35.4 Å². The Bertz CT molecular complexity index is 411. The maximum absolute atomic E-state index is 12.1. The topological polar surface area (TPSA) is 29.5 Å². The lowest BCUT2D eigenvalue weighted by molar-refractivity contribution is -0.147. The number of carbonyl (C=O) groups is 1. The molecular weight excluding hydrogens is 226 g/mol. The maximum atomic E-state index is 12.1. The van der Waals surface area contributed by atoms with Gasteiger partial charge in [-0.2, -0.15) is 0 Å². The van der Waals surface area contributed by atoms with Crippen LogP contribution in [0.2, 0.25) is 0 Å². The van der Waals surface area contributed by atoms with E-state index in [2.05, 4.69) is 17.9 Å². The van der Waals surface area contributed by atoms with Gasteiger partial charge in [-0.15, -0.1) is 0 Å². The second kappa shape index (κ2) is 6.01. The molecule has 1 atom stereocenters. The van der Waals surface area contributed by atoms with Gasteiger partial charge in [0, 0.05) is 0 Å². The Hall–Kier alpha value is -1.35. The van der Waals surface area contributed by atoms with Gasteiger partial charge in [0.25, 0.3) is 0 Å². The third-order valence-electron chi connectivity index (χ3n) is 3.66. The predicted octanol–water partition coefficient (Wildman–Crippen LogP) is 2.70. The van der Waals surface area contributed by atoms with Crippen LogP contribution in [-0.4, -0.2) is 31.1 Å². The van der Waals surface area contributed by atoms with Crippen LogP contribution in [0, 0.1) is 6.92 Å². The Kier molecular flexibility index (Phi) is 4.37. The summed E-state index contributed by atoms with van der Waals surface area (Å²) in [5.41, 5.74) is 2.23. The Morgan fingerprint density at radius 2 is 1.89 bits per heavy atom. The minimum atomic E-state index is -0.239. The molecule has 0 N–H and O–H groups in total. The largest absolute Gasteiger partial charge is 0.468 e. The third kappa shape index (κ3) is 2.72. The Morgan fingerprint density at radius 1 is 1.22 bits per heavy atom. The first kappa shape index (κ1) is 13.1. The van der Waals surface area contributed by atoms with Crippen LogP contribution in [0.1, 0.15) is 36.4 Å². The number of piperidine rings is 1. The first-order valence-electron chi connectivity index (χ1n) is 6.61. The predicted molar refractivity (Wildman–Crippen MR) is 71.4 cm³/mol. The number of carbonyl (C=O) groups excluding carboxylic acids is 1. The molecule has 18 heavy (non-hydrogen) atoms. The minimum Gasteiger partial charge on any atom is -0.468 e. The van der Waals surface area contributed by atoms with Crippen molar-refractivity contribution in [1.29, 1.82) is 0 Å². The van der Waals surface area contributed by atoms with E-state index >= 15 is 0 Å². The van der Waals surface area contributed by atoms with E-state index in [1.807, 2.05) is 18.2 Å². The number of hydrogen-bond donors (Lipinski definition) is 0. The second-order valence-corrected chi connectivity index (χ2v) is 4.88. The summed E-state index contributed by atoms with van der Waals surface area (Å²) in [6.07, 6.45) is 3.59. The van der Waals surface area contributed by atoms with Crippen LogP contribution in [0.5, 0.6) is 0 Å². The zero-order valence-electron chi connectivity index (χ0n) is 11.2. The van der Waals surface area contributed by atoms with Crippen molar-refractivity contribution in [2.45, 2.75) is 32.2 Å². The quantitative estimate of drug-likeness (QED) is 0.769. The number of benzene rings is 1. The van der Waals surface area contributed by atoms with Crippen LogP contribution in [0.15, 0.2) is 24.3 Å². The number of nitrogens with zero attached hydrogens (tertiary/aromatic N) is 1. The fourth-order valence-electron chi connectivity index (χ4n) is 2.65. The molecule has 2 rings (SSSR count). The molecule has 3 nitrogen and oxygen atoms in total. The van der Waals surface area contributed by atoms with Crippen molar-refractivity contribution in [3.63, 3.8) is 0 Å². The molecule has 0 aromatic heterocycles. The summed E-state index contributed by atoms with van der Waals surface area (Å²) >= 11 is 0. The Morgan fingerprint density at radius 3 is 2.50 bits per heavy atom. The third-order valence-corrected chi connectivity index (χ3v) is 3.66. The molecule has 0 bridgehead atoms. The van der Waals surface area contributed by atoms with E-state index in [1.54, 1.807) is 0 Å². The molecular formula is C15H21NO2. The average Bonchev–Trinajstić information content (AvgIpc) is 2.42. The van der Waals surface area contributed by atoms with E-state index in [9.17, 15) is 4.79 Å². The average molecular weight is 247 g/mol. The molecule has 1 aliphatic heterocycles. The minimum absolute atomic E-state index is 0.147. The molecule has 1 aromatic rings. The smallest absolute Gasteiger partial charge is 0.327 e. The molecule has 0 saturated carbocycles. The van der Waals surface area contributed by atoms with Gasteiger partial charge in [-0.1, -0.05) is 30.7 Å². The Labute approximate surface area is 109 Å². The highest BCUT2D eigenvalue weighted by atomic mass is 16.5. The van der Waals surface area contributed by atoms with Crippen molar-refractivity contribution < 1.29 is 9.53 Å². The molecule has 1 unspecified atom stereocenters. The number of rotatable bonds is 3. The number of likely N-dealkylation sites (tertiary alicyclic amines) is 1. The molecule has 0 amide bonds. The zero-order chi connectivity index (χ0) is 13.0. The first-order valence-corrected chi connectivity index (χ1v) is 6.61. The number of aryl methyl sites for hydroxylation is 1. The second-order valence-electron chi connectivity index (χ2n) is 4.88. The lowest BCUT2D eigenvalue weighted by Gasteiger charge is -2.33. The molecule has 98 valence electrons. The summed E-state index contributed by atoms with van der Waals surface area (Å²) < 4.78 is 4.99. The Balaban J connectivity index is 2.30. The highest BCUT2D eigenvalue weighted by Gasteiger charge is 2.30. The van der Waals surface area contributed by atoms with Gasteiger partial charge < -0.3 is 4.74 Å². The van der Waals surface area contributed by atoms with Crippen molar-refractivity contribution in [3.8, 4) is 0 Å². The van der Waals surface area contributed by atoms with Gasteiger partial charge in [0.2, 0.25) is 0 Å². The van der Waals surface area contributed by atoms with E-state index < -0.39 is 0 Å². The summed E-state index contributed by atoms with van der Waals surface area (Å²) in [5.74, 6) is -0.147. The van der Waals surface area contributed by atoms with Crippen molar-refractivity contribution in [2.75, 3.05) is 20.2 Å². The van der Waals surface area contributed by atoms with Crippen LogP contribution in [-0.2, 0) is 9.53 Å². The van der Waals surface area contributed by atoms with Gasteiger partial charge in [-0.05, 0) is 44.0 Å². The molecule has 1 heterocycles. The maximum Gasteiger partial charge on any atom is 0.327 e. The van der Waals surface area contributed by atoms with Gasteiger partial charge in [0.1, 0.15) is 6.04 Å². The number of hydrogen-bond acceptors (Lipinski definition) is 3. The van der Waals surface area contributed by atoms with Crippen molar-refractivity contribution >= 4 is 5.97 Å². The molecule has 1 aliphatic rings. The van der Waals surface area contributed by atoms with Gasteiger partial charge >= 0.3 is 5.97 Å². The van der Waals surface area contributed by atoms with Gasteiger partial charge in [-0.3, -0.25) is 4.90 Å². The summed E-state index contributed by atoms with van der Waals surface area (Å²) in [6.45, 7) is 4.01. The van der Waals surface area contributed by atoms with Crippen molar-refractivity contribution in [2.24, 2.45) is 0 Å². The van der Waals surface area contributed by atoms with Crippen LogP contribution >= 0.6 is 0 Å². The number of ether oxygens (including phenoxy) is 1. The van der Waals surface area contributed by atoms with Gasteiger partial charge in [0.15, 0.2) is 0 Å². The van der Waals surface area contributed by atoms with E-state index in [0.29, 0.717) is 0 Å². The number of methoxy groups -OCH3 is 1. The zero-order valence-corrected chi connectivity index (χ0v) is 11.2. The fraction of sp³-hybridized carbons (Fsp3) is 0.533. The molecule has 0 radical (unpaired) electrons. The lowest BCUT2D eigenvalue weighted by Crippen LogP contribution is -2.38. The van der Waals surface area contributed by atoms with E-state index in [4.69, 9.17) is 4.74 Å². The SMILES string of the molecule is COC(=O)C(c1ccccc1C)N1CCCCC1.